The third-order valence-electron chi connectivity index (χ3n) is 4.38. The Kier molecular flexibility index (Phi) is 5.21. The van der Waals surface area contributed by atoms with Gasteiger partial charge in [0, 0.05) is 18.2 Å². The first-order chi connectivity index (χ1) is 10.4. The number of rotatable bonds is 5. The standard InChI is InChI=1S/C16H25N3O3/c1-10-8-11(2)19(18-10)12(3)9-15(20)17-14-6-4-13(5-7-14)16(21)22/h8,12-14H,4-7,9H2,1-3H3,(H,17,20)(H,21,22). The normalized spacial score (nSPS) is 23.0. The lowest BCUT2D eigenvalue weighted by atomic mass is 9.86. The molecular weight excluding hydrogens is 282 g/mol. The first-order valence-corrected chi connectivity index (χ1v) is 7.91. The van der Waals surface area contributed by atoms with Crippen molar-refractivity contribution in [3.8, 4) is 0 Å². The van der Waals surface area contributed by atoms with Crippen molar-refractivity contribution in [1.82, 2.24) is 15.1 Å². The highest BCUT2D eigenvalue weighted by Gasteiger charge is 2.27. The Morgan fingerprint density at radius 3 is 2.50 bits per heavy atom. The van der Waals surface area contributed by atoms with Gasteiger partial charge in [-0.1, -0.05) is 0 Å². The summed E-state index contributed by atoms with van der Waals surface area (Å²) in [5, 5.41) is 16.4. The number of carboxylic acid groups (broad SMARTS) is 1. The summed E-state index contributed by atoms with van der Waals surface area (Å²) >= 11 is 0. The van der Waals surface area contributed by atoms with E-state index < -0.39 is 5.97 Å². The zero-order valence-corrected chi connectivity index (χ0v) is 13.5. The van der Waals surface area contributed by atoms with Crippen LogP contribution in [0.4, 0.5) is 0 Å². The highest BCUT2D eigenvalue weighted by atomic mass is 16.4. The molecule has 122 valence electrons. The largest absolute Gasteiger partial charge is 0.481 e. The summed E-state index contributed by atoms with van der Waals surface area (Å²) in [5.41, 5.74) is 2.01. The third-order valence-corrected chi connectivity index (χ3v) is 4.38. The number of nitrogens with zero attached hydrogens (tertiary/aromatic N) is 2. The van der Waals surface area contributed by atoms with Crippen molar-refractivity contribution in [3.05, 3.63) is 17.5 Å². The summed E-state index contributed by atoms with van der Waals surface area (Å²) in [6.45, 7) is 5.92. The minimum absolute atomic E-state index is 0.0128. The number of hydrogen-bond donors (Lipinski definition) is 2. The molecule has 1 aromatic heterocycles. The molecule has 0 aromatic carbocycles. The summed E-state index contributed by atoms with van der Waals surface area (Å²) in [5.74, 6) is -0.955. The zero-order chi connectivity index (χ0) is 16.3. The molecule has 0 bridgehead atoms. The minimum atomic E-state index is -0.720. The molecule has 1 aromatic rings. The van der Waals surface area contributed by atoms with E-state index in [1.54, 1.807) is 0 Å². The van der Waals surface area contributed by atoms with Crippen LogP contribution in [0.15, 0.2) is 6.07 Å². The van der Waals surface area contributed by atoms with Gasteiger partial charge in [0.15, 0.2) is 0 Å². The van der Waals surface area contributed by atoms with Crippen LogP contribution in [0.2, 0.25) is 0 Å². The maximum absolute atomic E-state index is 12.2. The minimum Gasteiger partial charge on any atom is -0.481 e. The molecule has 0 saturated heterocycles. The topological polar surface area (TPSA) is 84.2 Å². The average molecular weight is 307 g/mol. The Labute approximate surface area is 130 Å². The second kappa shape index (κ2) is 6.94. The molecule has 6 heteroatoms. The molecule has 1 atom stereocenters. The van der Waals surface area contributed by atoms with Crippen molar-refractivity contribution in [2.45, 2.75) is 65.0 Å². The highest BCUT2D eigenvalue weighted by Crippen LogP contribution is 2.24. The predicted molar refractivity (Wildman–Crippen MR) is 82.6 cm³/mol. The molecule has 1 aliphatic carbocycles. The Morgan fingerprint density at radius 1 is 1.36 bits per heavy atom. The summed E-state index contributed by atoms with van der Waals surface area (Å²) in [6, 6.07) is 2.13. The Hall–Kier alpha value is -1.85. The molecule has 0 spiro atoms. The quantitative estimate of drug-likeness (QED) is 0.873. The number of carboxylic acids is 1. The molecule has 22 heavy (non-hydrogen) atoms. The molecule has 0 radical (unpaired) electrons. The van der Waals surface area contributed by atoms with Gasteiger partial charge in [0.1, 0.15) is 0 Å². The maximum Gasteiger partial charge on any atom is 0.306 e. The molecule has 1 unspecified atom stereocenters. The van der Waals surface area contributed by atoms with Crippen LogP contribution >= 0.6 is 0 Å². The van der Waals surface area contributed by atoms with Gasteiger partial charge in [0.2, 0.25) is 5.91 Å². The van der Waals surface area contributed by atoms with E-state index in [1.165, 1.54) is 0 Å². The van der Waals surface area contributed by atoms with Crippen molar-refractivity contribution in [2.75, 3.05) is 0 Å². The lowest BCUT2D eigenvalue weighted by Gasteiger charge is -2.27. The molecule has 1 saturated carbocycles. The van der Waals surface area contributed by atoms with Crippen LogP contribution in [0.3, 0.4) is 0 Å². The summed E-state index contributed by atoms with van der Waals surface area (Å²) < 4.78 is 1.89. The molecular formula is C16H25N3O3. The fourth-order valence-electron chi connectivity index (χ4n) is 3.22. The van der Waals surface area contributed by atoms with Crippen LogP contribution in [0.25, 0.3) is 0 Å². The van der Waals surface area contributed by atoms with Gasteiger partial charge in [-0.25, -0.2) is 0 Å². The van der Waals surface area contributed by atoms with E-state index in [2.05, 4.69) is 10.4 Å². The first kappa shape index (κ1) is 16.5. The van der Waals surface area contributed by atoms with Gasteiger partial charge in [0.05, 0.1) is 17.7 Å². The predicted octanol–water partition coefficient (Wildman–Crippen LogP) is 2.21. The van der Waals surface area contributed by atoms with Crippen LogP contribution in [0.5, 0.6) is 0 Å². The van der Waals surface area contributed by atoms with E-state index in [0.717, 1.165) is 24.2 Å². The van der Waals surface area contributed by atoms with Crippen molar-refractivity contribution in [1.29, 1.82) is 0 Å². The van der Waals surface area contributed by atoms with Crippen molar-refractivity contribution >= 4 is 11.9 Å². The fourth-order valence-corrected chi connectivity index (χ4v) is 3.22. The molecule has 1 aliphatic rings. The molecule has 1 amide bonds. The van der Waals surface area contributed by atoms with Gasteiger partial charge in [-0.3, -0.25) is 14.3 Å². The Morgan fingerprint density at radius 2 is 2.00 bits per heavy atom. The van der Waals surface area contributed by atoms with Gasteiger partial charge in [-0.15, -0.1) is 0 Å². The van der Waals surface area contributed by atoms with Crippen molar-refractivity contribution < 1.29 is 14.7 Å². The van der Waals surface area contributed by atoms with E-state index in [1.807, 2.05) is 31.5 Å². The smallest absolute Gasteiger partial charge is 0.306 e. The van der Waals surface area contributed by atoms with Gasteiger partial charge < -0.3 is 10.4 Å². The SMILES string of the molecule is Cc1cc(C)n(C(C)CC(=O)NC2CCC(C(=O)O)CC2)n1. The molecule has 2 rings (SSSR count). The summed E-state index contributed by atoms with van der Waals surface area (Å²) in [6.07, 6.45) is 3.18. The number of amides is 1. The number of hydrogen-bond acceptors (Lipinski definition) is 3. The lowest BCUT2D eigenvalue weighted by molar-refractivity contribution is -0.142. The fraction of sp³-hybridized carbons (Fsp3) is 0.688. The third kappa shape index (κ3) is 4.08. The van der Waals surface area contributed by atoms with Crippen LogP contribution in [0, 0.1) is 19.8 Å². The number of aromatic nitrogens is 2. The van der Waals surface area contributed by atoms with Gasteiger partial charge in [-0.2, -0.15) is 5.10 Å². The maximum atomic E-state index is 12.2. The lowest BCUT2D eigenvalue weighted by Crippen LogP contribution is -2.39. The van der Waals surface area contributed by atoms with Crippen molar-refractivity contribution in [3.63, 3.8) is 0 Å². The van der Waals surface area contributed by atoms with E-state index in [0.29, 0.717) is 19.3 Å². The van der Waals surface area contributed by atoms with Gasteiger partial charge in [-0.05, 0) is 52.5 Å². The van der Waals surface area contributed by atoms with Crippen LogP contribution < -0.4 is 5.32 Å². The number of aliphatic carboxylic acids is 1. The van der Waals surface area contributed by atoms with E-state index in [4.69, 9.17) is 5.11 Å². The molecule has 0 aliphatic heterocycles. The first-order valence-electron chi connectivity index (χ1n) is 7.91. The second-order valence-electron chi connectivity index (χ2n) is 6.38. The van der Waals surface area contributed by atoms with E-state index >= 15 is 0 Å². The molecule has 1 heterocycles. The molecule has 6 nitrogen and oxygen atoms in total. The summed E-state index contributed by atoms with van der Waals surface area (Å²) in [7, 11) is 0. The van der Waals surface area contributed by atoms with Crippen molar-refractivity contribution in [2.24, 2.45) is 5.92 Å². The number of nitrogens with one attached hydrogen (secondary N) is 1. The van der Waals surface area contributed by atoms with Gasteiger partial charge >= 0.3 is 5.97 Å². The van der Waals surface area contributed by atoms with Crippen LogP contribution in [0.1, 0.15) is 56.5 Å². The number of aryl methyl sites for hydroxylation is 2. The molecule has 2 N–H and O–H groups in total. The van der Waals surface area contributed by atoms with E-state index in [-0.39, 0.29) is 23.9 Å². The zero-order valence-electron chi connectivity index (χ0n) is 13.5. The summed E-state index contributed by atoms with van der Waals surface area (Å²) in [4.78, 5) is 23.1. The monoisotopic (exact) mass is 307 g/mol. The Balaban J connectivity index is 1.81. The highest BCUT2D eigenvalue weighted by molar-refractivity contribution is 5.76. The van der Waals surface area contributed by atoms with E-state index in [9.17, 15) is 9.59 Å². The second-order valence-corrected chi connectivity index (χ2v) is 6.38. The Bertz CT molecular complexity index is 545. The average Bonchev–Trinajstić information content (AvgIpc) is 2.78. The number of carbonyl (C=O) groups excluding carboxylic acids is 1. The molecule has 1 fully saturated rings. The van der Waals surface area contributed by atoms with Gasteiger partial charge in [0.25, 0.3) is 0 Å². The number of carbonyl (C=O) groups is 2. The van der Waals surface area contributed by atoms with Crippen LogP contribution in [-0.2, 0) is 9.59 Å². The van der Waals surface area contributed by atoms with Crippen LogP contribution in [-0.4, -0.2) is 32.8 Å².